The number of aromatic amines is 1. The standard InChI is InChI=1S/C17H19N3O/c1-14-5-4-6-15(13-14)17(21)20-11-9-19(10-12-20)16-7-2-3-8-18-16/h2-8,13H,9-12H2,1H3/p+1. The van der Waals surface area contributed by atoms with Crippen LogP contribution in [0.2, 0.25) is 0 Å². The van der Waals surface area contributed by atoms with Crippen molar-refractivity contribution in [2.75, 3.05) is 31.1 Å². The second-order valence-electron chi connectivity index (χ2n) is 5.40. The van der Waals surface area contributed by atoms with Crippen LogP contribution in [0.4, 0.5) is 5.82 Å². The number of H-pyrrole nitrogens is 1. The SMILES string of the molecule is Cc1cccc(C(=O)N2CCN(c3cccc[nH+]3)CC2)c1. The summed E-state index contributed by atoms with van der Waals surface area (Å²) >= 11 is 0. The minimum Gasteiger partial charge on any atom is -0.331 e. The second kappa shape index (κ2) is 5.95. The van der Waals surface area contributed by atoms with Crippen molar-refractivity contribution in [2.24, 2.45) is 0 Å². The average molecular weight is 282 g/mol. The Hall–Kier alpha value is -2.36. The van der Waals surface area contributed by atoms with Crippen molar-refractivity contribution in [3.63, 3.8) is 0 Å². The Balaban J connectivity index is 1.64. The van der Waals surface area contributed by atoms with Gasteiger partial charge in [0.1, 0.15) is 13.1 Å². The van der Waals surface area contributed by atoms with Gasteiger partial charge in [0.2, 0.25) is 0 Å². The van der Waals surface area contributed by atoms with Crippen molar-refractivity contribution in [3.05, 3.63) is 59.8 Å². The molecule has 2 heterocycles. The zero-order chi connectivity index (χ0) is 14.7. The maximum atomic E-state index is 12.5. The number of pyridine rings is 1. The number of piperazine rings is 1. The Morgan fingerprint density at radius 1 is 1.05 bits per heavy atom. The van der Waals surface area contributed by atoms with E-state index in [0.29, 0.717) is 0 Å². The zero-order valence-corrected chi connectivity index (χ0v) is 12.2. The van der Waals surface area contributed by atoms with Gasteiger partial charge in [0.15, 0.2) is 0 Å². The largest absolute Gasteiger partial charge is 0.331 e. The average Bonchev–Trinajstić information content (AvgIpc) is 2.55. The summed E-state index contributed by atoms with van der Waals surface area (Å²) in [5.74, 6) is 1.25. The molecule has 0 saturated carbocycles. The van der Waals surface area contributed by atoms with Gasteiger partial charge in [-0.05, 0) is 25.1 Å². The second-order valence-corrected chi connectivity index (χ2v) is 5.40. The quantitative estimate of drug-likeness (QED) is 0.842. The molecule has 1 aromatic carbocycles. The van der Waals surface area contributed by atoms with E-state index in [2.05, 4.69) is 16.0 Å². The Morgan fingerprint density at radius 2 is 1.86 bits per heavy atom. The van der Waals surface area contributed by atoms with Gasteiger partial charge in [-0.15, -0.1) is 0 Å². The Labute approximate surface area is 125 Å². The zero-order valence-electron chi connectivity index (χ0n) is 12.2. The van der Waals surface area contributed by atoms with E-state index >= 15 is 0 Å². The number of nitrogens with one attached hydrogen (secondary N) is 1. The molecule has 1 aliphatic heterocycles. The maximum Gasteiger partial charge on any atom is 0.274 e. The van der Waals surface area contributed by atoms with Crippen LogP contribution >= 0.6 is 0 Å². The number of nitrogens with zero attached hydrogens (tertiary/aromatic N) is 2. The fourth-order valence-corrected chi connectivity index (χ4v) is 2.69. The Kier molecular flexibility index (Phi) is 3.86. The molecule has 108 valence electrons. The van der Waals surface area contributed by atoms with E-state index < -0.39 is 0 Å². The van der Waals surface area contributed by atoms with E-state index in [1.807, 2.05) is 54.4 Å². The van der Waals surface area contributed by atoms with E-state index in [9.17, 15) is 4.79 Å². The van der Waals surface area contributed by atoms with Crippen LogP contribution in [0.25, 0.3) is 0 Å². The van der Waals surface area contributed by atoms with E-state index in [1.165, 1.54) is 0 Å². The number of rotatable bonds is 2. The fourth-order valence-electron chi connectivity index (χ4n) is 2.69. The normalized spacial score (nSPS) is 15.1. The number of hydrogen-bond acceptors (Lipinski definition) is 2. The molecule has 1 amide bonds. The molecule has 0 radical (unpaired) electrons. The maximum absolute atomic E-state index is 12.5. The lowest BCUT2D eigenvalue weighted by atomic mass is 10.1. The molecule has 0 unspecified atom stereocenters. The third kappa shape index (κ3) is 3.05. The lowest BCUT2D eigenvalue weighted by Gasteiger charge is -2.31. The highest BCUT2D eigenvalue weighted by molar-refractivity contribution is 5.94. The van der Waals surface area contributed by atoms with Crippen LogP contribution in [0.15, 0.2) is 48.7 Å². The van der Waals surface area contributed by atoms with Crippen LogP contribution in [-0.2, 0) is 0 Å². The summed E-state index contributed by atoms with van der Waals surface area (Å²) in [4.78, 5) is 20.0. The van der Waals surface area contributed by atoms with E-state index in [1.54, 1.807) is 0 Å². The van der Waals surface area contributed by atoms with Gasteiger partial charge in [-0.2, -0.15) is 0 Å². The summed E-state index contributed by atoms with van der Waals surface area (Å²) < 4.78 is 0. The topological polar surface area (TPSA) is 37.7 Å². The third-order valence-corrected chi connectivity index (χ3v) is 3.87. The molecule has 0 atom stereocenters. The van der Waals surface area contributed by atoms with Gasteiger partial charge in [-0.3, -0.25) is 9.69 Å². The summed E-state index contributed by atoms with van der Waals surface area (Å²) in [7, 11) is 0. The molecule has 3 rings (SSSR count). The molecule has 0 bridgehead atoms. The number of carbonyl (C=O) groups excluding carboxylic acids is 1. The van der Waals surface area contributed by atoms with Crippen LogP contribution in [0.5, 0.6) is 0 Å². The van der Waals surface area contributed by atoms with Crippen LogP contribution in [0, 0.1) is 6.92 Å². The van der Waals surface area contributed by atoms with Crippen molar-refractivity contribution >= 4 is 11.7 Å². The molecule has 0 spiro atoms. The lowest BCUT2D eigenvalue weighted by molar-refractivity contribution is -0.364. The Bertz CT molecular complexity index is 619. The van der Waals surface area contributed by atoms with Crippen molar-refractivity contribution in [2.45, 2.75) is 6.92 Å². The van der Waals surface area contributed by atoms with E-state index in [0.717, 1.165) is 43.1 Å². The summed E-state index contributed by atoms with van der Waals surface area (Å²) in [6.45, 7) is 5.25. The molecule has 0 aliphatic carbocycles. The number of benzene rings is 1. The first-order chi connectivity index (χ1) is 10.2. The van der Waals surface area contributed by atoms with Crippen LogP contribution in [0.3, 0.4) is 0 Å². The third-order valence-electron chi connectivity index (χ3n) is 3.87. The molecule has 1 aliphatic rings. The minimum atomic E-state index is 0.135. The van der Waals surface area contributed by atoms with Crippen LogP contribution in [-0.4, -0.2) is 37.0 Å². The highest BCUT2D eigenvalue weighted by Crippen LogP contribution is 2.13. The van der Waals surface area contributed by atoms with Gasteiger partial charge in [-0.1, -0.05) is 23.8 Å². The molecule has 4 heteroatoms. The molecular weight excluding hydrogens is 262 g/mol. The highest BCUT2D eigenvalue weighted by atomic mass is 16.2. The Morgan fingerprint density at radius 3 is 2.52 bits per heavy atom. The minimum absolute atomic E-state index is 0.135. The van der Waals surface area contributed by atoms with E-state index in [4.69, 9.17) is 0 Å². The number of aryl methyl sites for hydroxylation is 1. The number of aromatic nitrogens is 1. The molecule has 1 aromatic heterocycles. The molecule has 1 fully saturated rings. The van der Waals surface area contributed by atoms with E-state index in [-0.39, 0.29) is 5.91 Å². The predicted molar refractivity (Wildman–Crippen MR) is 82.3 cm³/mol. The molecule has 1 saturated heterocycles. The van der Waals surface area contributed by atoms with Gasteiger partial charge in [0.05, 0.1) is 19.3 Å². The first-order valence-corrected chi connectivity index (χ1v) is 7.31. The number of carbonyl (C=O) groups is 1. The highest BCUT2D eigenvalue weighted by Gasteiger charge is 2.26. The molecule has 2 aromatic rings. The van der Waals surface area contributed by atoms with Crippen LogP contribution in [0.1, 0.15) is 15.9 Å². The van der Waals surface area contributed by atoms with Gasteiger partial charge in [-0.25, -0.2) is 4.98 Å². The molecular formula is C17H20N3O+. The number of hydrogen-bond donors (Lipinski definition) is 0. The first kappa shape index (κ1) is 13.6. The first-order valence-electron chi connectivity index (χ1n) is 7.31. The molecule has 4 nitrogen and oxygen atoms in total. The predicted octanol–water partition coefficient (Wildman–Crippen LogP) is 1.77. The smallest absolute Gasteiger partial charge is 0.274 e. The molecule has 21 heavy (non-hydrogen) atoms. The number of amides is 1. The van der Waals surface area contributed by atoms with Crippen LogP contribution < -0.4 is 9.88 Å². The fraction of sp³-hybridized carbons (Fsp3) is 0.294. The van der Waals surface area contributed by atoms with Crippen molar-refractivity contribution in [1.29, 1.82) is 0 Å². The molecule has 1 N–H and O–H groups in total. The van der Waals surface area contributed by atoms with Gasteiger partial charge in [0, 0.05) is 11.6 Å². The van der Waals surface area contributed by atoms with Crippen molar-refractivity contribution in [3.8, 4) is 0 Å². The monoisotopic (exact) mass is 282 g/mol. The number of anilines is 1. The summed E-state index contributed by atoms with van der Waals surface area (Å²) in [6.07, 6.45) is 1.93. The summed E-state index contributed by atoms with van der Waals surface area (Å²) in [6, 6.07) is 13.9. The van der Waals surface area contributed by atoms with Gasteiger partial charge >= 0.3 is 0 Å². The summed E-state index contributed by atoms with van der Waals surface area (Å²) in [5, 5.41) is 0. The van der Waals surface area contributed by atoms with Gasteiger partial charge < -0.3 is 4.90 Å². The summed E-state index contributed by atoms with van der Waals surface area (Å²) in [5.41, 5.74) is 1.91. The lowest BCUT2D eigenvalue weighted by Crippen LogP contribution is -2.50. The van der Waals surface area contributed by atoms with Crippen molar-refractivity contribution < 1.29 is 9.78 Å². The van der Waals surface area contributed by atoms with Crippen molar-refractivity contribution in [1.82, 2.24) is 4.90 Å². The van der Waals surface area contributed by atoms with Gasteiger partial charge in [0.25, 0.3) is 11.7 Å².